The van der Waals surface area contributed by atoms with Gasteiger partial charge in [0, 0.05) is 0 Å². The molecule has 15 heteroatoms. The van der Waals surface area contributed by atoms with Crippen LogP contribution >= 0.6 is 8.18 Å². The molecule has 6 atom stereocenters. The van der Waals surface area contributed by atoms with Crippen LogP contribution in [0.3, 0.4) is 0 Å². The van der Waals surface area contributed by atoms with Crippen molar-refractivity contribution in [2.75, 3.05) is 12.3 Å². The van der Waals surface area contributed by atoms with Crippen LogP contribution in [0.4, 0.5) is 5.82 Å². The minimum atomic E-state index is -3.08. The van der Waals surface area contributed by atoms with Crippen molar-refractivity contribution in [3.8, 4) is 6.07 Å². The van der Waals surface area contributed by atoms with Crippen molar-refractivity contribution in [2.45, 2.75) is 70.7 Å². The number of carbonyl (C=O) groups is 2. The number of nitrogens with two attached hydrogens (primary N) is 1. The van der Waals surface area contributed by atoms with E-state index in [1.807, 2.05) is 6.07 Å². The van der Waals surface area contributed by atoms with Crippen molar-refractivity contribution in [2.24, 2.45) is 5.92 Å². The van der Waals surface area contributed by atoms with Gasteiger partial charge in [-0.15, -0.1) is 0 Å². The number of nitrogens with zero attached hydrogens (tertiary/aromatic N) is 4. The van der Waals surface area contributed by atoms with Crippen molar-refractivity contribution >= 4 is 31.5 Å². The second-order valence-electron chi connectivity index (χ2n) is 9.17. The molecule has 0 amide bonds. The molecule has 0 radical (unpaired) electrons. The van der Waals surface area contributed by atoms with Gasteiger partial charge in [-0.05, 0) is 32.9 Å². The summed E-state index contributed by atoms with van der Waals surface area (Å²) >= 11 is 0. The summed E-state index contributed by atoms with van der Waals surface area (Å²) in [5.74, 6) is -1.61. The molecule has 0 aliphatic carbocycles. The summed E-state index contributed by atoms with van der Waals surface area (Å²) in [5.41, 5.74) is 4.60. The third-order valence-electron chi connectivity index (χ3n) is 5.60. The fourth-order valence-corrected chi connectivity index (χ4v) is 4.54. The minimum absolute atomic E-state index is 0.181. The number of hydrogen-bond donors (Lipinski definition) is 3. The van der Waals surface area contributed by atoms with Gasteiger partial charge in [-0.1, -0.05) is 13.8 Å². The number of nitrogens with one attached hydrogen (secondary N) is 1. The van der Waals surface area contributed by atoms with Gasteiger partial charge in [0.1, 0.15) is 42.8 Å². The van der Waals surface area contributed by atoms with Crippen molar-refractivity contribution in [1.29, 1.82) is 5.26 Å². The minimum Gasteiger partial charge on any atom is -0.462 e. The van der Waals surface area contributed by atoms with E-state index in [1.54, 1.807) is 39.8 Å². The maximum atomic E-state index is 12.5. The molecule has 3 heterocycles. The number of anilines is 1. The highest BCUT2D eigenvalue weighted by Crippen LogP contribution is 2.43. The van der Waals surface area contributed by atoms with Gasteiger partial charge in [0.15, 0.2) is 11.9 Å². The Balaban J connectivity index is 1.86. The zero-order chi connectivity index (χ0) is 27.5. The number of nitrogen functional groups attached to an aromatic ring is 1. The number of aliphatic hydroxyl groups is 1. The van der Waals surface area contributed by atoms with Crippen molar-refractivity contribution in [3.63, 3.8) is 0 Å². The summed E-state index contributed by atoms with van der Waals surface area (Å²) in [4.78, 5) is 28.4. The average Bonchev–Trinajstić information content (AvgIpc) is 3.38. The van der Waals surface area contributed by atoms with Crippen LogP contribution in [-0.4, -0.2) is 68.2 Å². The monoisotopic (exact) mass is 538 g/mol. The smallest absolute Gasteiger partial charge is 0.323 e. The summed E-state index contributed by atoms with van der Waals surface area (Å²) in [7, 11) is -3.08. The number of aliphatic hydroxyl groups excluding tert-OH is 1. The third-order valence-corrected chi connectivity index (χ3v) is 6.67. The van der Waals surface area contributed by atoms with Crippen molar-refractivity contribution in [1.82, 2.24) is 19.7 Å². The molecule has 3 rings (SSSR count). The first-order chi connectivity index (χ1) is 17.4. The van der Waals surface area contributed by atoms with E-state index in [1.165, 1.54) is 17.8 Å². The van der Waals surface area contributed by atoms with E-state index in [9.17, 15) is 24.5 Å². The van der Waals surface area contributed by atoms with Gasteiger partial charge in [0.05, 0.1) is 17.7 Å². The quantitative estimate of drug-likeness (QED) is 0.285. The maximum Gasteiger partial charge on any atom is 0.323 e. The zero-order valence-electron chi connectivity index (χ0n) is 21.1. The zero-order valence-corrected chi connectivity index (χ0v) is 22.1. The lowest BCUT2D eigenvalue weighted by atomic mass is 9.96. The Labute approximate surface area is 213 Å². The van der Waals surface area contributed by atoms with Gasteiger partial charge in [0.2, 0.25) is 5.60 Å². The molecule has 0 saturated carbocycles. The second-order valence-corrected chi connectivity index (χ2v) is 10.3. The average molecular weight is 538 g/mol. The Morgan fingerprint density at radius 1 is 1.32 bits per heavy atom. The van der Waals surface area contributed by atoms with Gasteiger partial charge in [-0.2, -0.15) is 10.4 Å². The van der Waals surface area contributed by atoms with Crippen molar-refractivity contribution in [3.05, 3.63) is 24.2 Å². The lowest BCUT2D eigenvalue weighted by molar-refractivity contribution is -0.159. The first-order valence-corrected chi connectivity index (χ1v) is 12.9. The molecule has 202 valence electrons. The van der Waals surface area contributed by atoms with Crippen LogP contribution in [0.25, 0.3) is 5.52 Å². The fourth-order valence-electron chi connectivity index (χ4n) is 3.64. The third kappa shape index (κ3) is 6.08. The normalized spacial score (nSPS) is 25.2. The lowest BCUT2D eigenvalue weighted by Crippen LogP contribution is -2.47. The van der Waals surface area contributed by atoms with Gasteiger partial charge in [-0.3, -0.25) is 14.2 Å². The number of rotatable bonds is 10. The second kappa shape index (κ2) is 11.5. The Bertz CT molecular complexity index is 1210. The fraction of sp³-hybridized carbons (Fsp3) is 0.591. The predicted octanol–water partition coefficient (Wildman–Crippen LogP) is 0.910. The summed E-state index contributed by atoms with van der Waals surface area (Å²) in [6, 6.07) is 4.13. The van der Waals surface area contributed by atoms with Crippen LogP contribution in [0.1, 0.15) is 46.4 Å². The molecule has 0 aromatic carbocycles. The van der Waals surface area contributed by atoms with Gasteiger partial charge >= 0.3 is 11.9 Å². The topological polar surface area (TPSA) is 200 Å². The van der Waals surface area contributed by atoms with Gasteiger partial charge in [-0.25, -0.2) is 14.6 Å². The molecular formula is C22H31N6O8P. The highest BCUT2D eigenvalue weighted by atomic mass is 31.1. The van der Waals surface area contributed by atoms with E-state index in [0.29, 0.717) is 11.2 Å². The molecule has 1 saturated heterocycles. The van der Waals surface area contributed by atoms with E-state index >= 15 is 0 Å². The predicted molar refractivity (Wildman–Crippen MR) is 129 cm³/mol. The molecule has 1 fully saturated rings. The first kappa shape index (κ1) is 28.5. The standard InChI is InChI=1S/C22H31N6O8P/c1-11(2)20(30)35-17-16(14-6-7-15-19(24)25-10-26-28(14)15)36-22(8-23,18(17)29)9-33-37(32)27-13(5)21(31)34-12(3)4/h6-7,10-13,16-18,29,37H,9H2,1-5H3,(H,27,32)(H2,24,25,26)/t13-,16-,17-,18-,22+/m0/s1. The van der Waals surface area contributed by atoms with Gasteiger partial charge in [0.25, 0.3) is 8.18 Å². The van der Waals surface area contributed by atoms with E-state index in [4.69, 9.17) is 24.5 Å². The number of esters is 2. The maximum absolute atomic E-state index is 12.5. The molecule has 4 N–H and O–H groups in total. The number of carbonyl (C=O) groups excluding carboxylic acids is 2. The van der Waals surface area contributed by atoms with Crippen LogP contribution < -0.4 is 10.8 Å². The van der Waals surface area contributed by atoms with E-state index in [2.05, 4.69) is 15.2 Å². The van der Waals surface area contributed by atoms with Gasteiger partial charge < -0.3 is 29.6 Å². The SMILES string of the molecule is CC(C)OC(=O)[C@H](C)N[PH](=O)OC[C@@]1(C#N)O[C@@H](c2ccc3c(N)ncnn23)[C@H](OC(=O)C(C)C)[C@@H]1O. The molecule has 0 spiro atoms. The number of ether oxygens (including phenoxy) is 3. The van der Waals surface area contributed by atoms with Crippen LogP contribution in [0, 0.1) is 17.2 Å². The Morgan fingerprint density at radius 3 is 2.65 bits per heavy atom. The summed E-state index contributed by atoms with van der Waals surface area (Å²) in [5, 5.41) is 27.8. The molecular weight excluding hydrogens is 507 g/mol. The molecule has 1 aliphatic heterocycles. The van der Waals surface area contributed by atoms with Crippen LogP contribution in [-0.2, 0) is 32.9 Å². The van der Waals surface area contributed by atoms with E-state index in [0.717, 1.165) is 0 Å². The number of hydrogen-bond acceptors (Lipinski definition) is 12. The molecule has 0 bridgehead atoms. The van der Waals surface area contributed by atoms with Crippen LogP contribution in [0.2, 0.25) is 0 Å². The van der Waals surface area contributed by atoms with Crippen LogP contribution in [0.15, 0.2) is 18.5 Å². The van der Waals surface area contributed by atoms with Crippen LogP contribution in [0.5, 0.6) is 0 Å². The largest absolute Gasteiger partial charge is 0.462 e. The summed E-state index contributed by atoms with van der Waals surface area (Å²) in [6.07, 6.45) is -3.32. The Morgan fingerprint density at radius 2 is 2.03 bits per heavy atom. The Kier molecular flexibility index (Phi) is 8.88. The highest BCUT2D eigenvalue weighted by Gasteiger charge is 2.59. The molecule has 37 heavy (non-hydrogen) atoms. The van der Waals surface area contributed by atoms with Crippen molar-refractivity contribution < 1.29 is 38.0 Å². The molecule has 14 nitrogen and oxygen atoms in total. The number of nitriles is 1. The molecule has 2 aromatic heterocycles. The van der Waals surface area contributed by atoms with E-state index < -0.39 is 62.6 Å². The number of fused-ring (bicyclic) bond motifs is 1. The van der Waals surface area contributed by atoms with E-state index in [-0.39, 0.29) is 11.9 Å². The molecule has 2 aromatic rings. The summed E-state index contributed by atoms with van der Waals surface area (Å²) in [6.45, 7) is 7.36. The summed E-state index contributed by atoms with van der Waals surface area (Å²) < 4.78 is 35.8. The Hall–Kier alpha value is -3.08. The lowest BCUT2D eigenvalue weighted by Gasteiger charge is -2.25. The first-order valence-electron chi connectivity index (χ1n) is 11.6. The number of aromatic nitrogens is 3. The molecule has 1 aliphatic rings. The highest BCUT2D eigenvalue weighted by molar-refractivity contribution is 7.36. The molecule has 1 unspecified atom stereocenters.